The molecule has 1 fully saturated rings. The second-order valence-corrected chi connectivity index (χ2v) is 5.14. The fourth-order valence-corrected chi connectivity index (χ4v) is 2.27. The van der Waals surface area contributed by atoms with Crippen molar-refractivity contribution in [2.45, 2.75) is 77.4 Å². The van der Waals surface area contributed by atoms with E-state index < -0.39 is 0 Å². The minimum atomic E-state index is -0.258. The summed E-state index contributed by atoms with van der Waals surface area (Å²) in [4.78, 5) is 11.6. The Morgan fingerprint density at radius 2 is 1.50 bits per heavy atom. The molecule has 3 heteroatoms. The van der Waals surface area contributed by atoms with Gasteiger partial charge in [0.1, 0.15) is 5.78 Å². The van der Waals surface area contributed by atoms with E-state index >= 15 is 0 Å². The lowest BCUT2D eigenvalue weighted by Crippen LogP contribution is -2.14. The molecule has 1 rings (SSSR count). The van der Waals surface area contributed by atoms with Crippen LogP contribution in [0.3, 0.4) is 0 Å². The third kappa shape index (κ3) is 7.83. The zero-order valence-corrected chi connectivity index (χ0v) is 11.8. The van der Waals surface area contributed by atoms with Crippen LogP contribution in [0.2, 0.25) is 0 Å². The minimum Gasteiger partial charge on any atom is -0.350 e. The zero-order chi connectivity index (χ0) is 13.1. The topological polar surface area (TPSA) is 35.5 Å². The van der Waals surface area contributed by atoms with Crippen molar-refractivity contribution in [3.63, 3.8) is 0 Å². The summed E-state index contributed by atoms with van der Waals surface area (Å²) in [6.45, 7) is 3.51. The molecule has 0 aromatic rings. The van der Waals surface area contributed by atoms with E-state index in [1.54, 1.807) is 0 Å². The Morgan fingerprint density at radius 3 is 2.11 bits per heavy atom. The number of hydrogen-bond donors (Lipinski definition) is 0. The molecule has 0 radical (unpaired) electrons. The summed E-state index contributed by atoms with van der Waals surface area (Å²) in [5.41, 5.74) is 0. The molecule has 106 valence electrons. The van der Waals surface area contributed by atoms with Crippen LogP contribution in [-0.4, -0.2) is 25.3 Å². The van der Waals surface area contributed by atoms with Crippen molar-refractivity contribution in [1.29, 1.82) is 0 Å². The smallest absolute Gasteiger partial charge is 0.164 e. The standard InChI is InChI=1S/C15H28O3/c1-2-3-4-5-6-7-8-9-10-14(16)13-15-17-11-12-18-15/h15H,2-13H2,1H3. The van der Waals surface area contributed by atoms with Crippen molar-refractivity contribution in [1.82, 2.24) is 0 Å². The maximum absolute atomic E-state index is 11.6. The van der Waals surface area contributed by atoms with Gasteiger partial charge in [-0.1, -0.05) is 51.9 Å². The summed E-state index contributed by atoms with van der Waals surface area (Å²) in [5.74, 6) is 0.285. The van der Waals surface area contributed by atoms with Gasteiger partial charge in [0.15, 0.2) is 6.29 Å². The quantitative estimate of drug-likeness (QED) is 0.527. The molecule has 0 unspecified atom stereocenters. The number of carbonyl (C=O) groups is 1. The van der Waals surface area contributed by atoms with Crippen LogP contribution in [0.25, 0.3) is 0 Å². The van der Waals surface area contributed by atoms with E-state index in [1.807, 2.05) is 0 Å². The highest BCUT2D eigenvalue weighted by Crippen LogP contribution is 2.13. The minimum absolute atomic E-state index is 0.258. The highest BCUT2D eigenvalue weighted by atomic mass is 16.7. The molecule has 3 nitrogen and oxygen atoms in total. The van der Waals surface area contributed by atoms with Crippen LogP contribution in [0.5, 0.6) is 0 Å². The highest BCUT2D eigenvalue weighted by Gasteiger charge is 2.18. The first-order chi connectivity index (χ1) is 8.83. The summed E-state index contributed by atoms with van der Waals surface area (Å²) in [5, 5.41) is 0. The van der Waals surface area contributed by atoms with E-state index in [9.17, 15) is 4.79 Å². The van der Waals surface area contributed by atoms with Crippen LogP contribution in [0, 0.1) is 0 Å². The lowest BCUT2D eigenvalue weighted by Gasteiger charge is -2.07. The van der Waals surface area contributed by atoms with E-state index in [1.165, 1.54) is 44.9 Å². The summed E-state index contributed by atoms with van der Waals surface area (Å²) in [7, 11) is 0. The van der Waals surface area contributed by atoms with E-state index in [0.29, 0.717) is 26.1 Å². The molecular weight excluding hydrogens is 228 g/mol. The Bertz CT molecular complexity index is 210. The SMILES string of the molecule is CCCCCCCCCCC(=O)CC1OCCO1. The number of ether oxygens (including phenoxy) is 2. The van der Waals surface area contributed by atoms with E-state index in [0.717, 1.165) is 6.42 Å². The van der Waals surface area contributed by atoms with Gasteiger partial charge in [-0.2, -0.15) is 0 Å². The molecule has 18 heavy (non-hydrogen) atoms. The maximum atomic E-state index is 11.6. The van der Waals surface area contributed by atoms with Gasteiger partial charge in [0, 0.05) is 6.42 Å². The van der Waals surface area contributed by atoms with Crippen LogP contribution >= 0.6 is 0 Å². The molecule has 0 amide bonds. The van der Waals surface area contributed by atoms with Crippen molar-refractivity contribution >= 4 is 5.78 Å². The van der Waals surface area contributed by atoms with Gasteiger partial charge in [-0.05, 0) is 6.42 Å². The molecule has 0 spiro atoms. The lowest BCUT2D eigenvalue weighted by atomic mass is 10.1. The van der Waals surface area contributed by atoms with Gasteiger partial charge in [0.05, 0.1) is 19.6 Å². The third-order valence-electron chi connectivity index (χ3n) is 3.39. The molecule has 1 aliphatic rings. The zero-order valence-electron chi connectivity index (χ0n) is 11.8. The molecule has 1 saturated heterocycles. The number of hydrogen-bond acceptors (Lipinski definition) is 3. The molecular formula is C15H28O3. The second kappa shape index (κ2) is 10.5. The Morgan fingerprint density at radius 1 is 0.944 bits per heavy atom. The third-order valence-corrected chi connectivity index (χ3v) is 3.39. The van der Waals surface area contributed by atoms with Gasteiger partial charge in [-0.3, -0.25) is 4.79 Å². The van der Waals surface area contributed by atoms with Crippen LogP contribution in [0.15, 0.2) is 0 Å². The monoisotopic (exact) mass is 256 g/mol. The molecule has 0 saturated carbocycles. The molecule has 0 aromatic carbocycles. The molecule has 0 atom stereocenters. The van der Waals surface area contributed by atoms with Gasteiger partial charge in [0.25, 0.3) is 0 Å². The van der Waals surface area contributed by atoms with Gasteiger partial charge in [0.2, 0.25) is 0 Å². The summed E-state index contributed by atoms with van der Waals surface area (Å²) in [6.07, 6.45) is 11.1. The molecule has 1 heterocycles. The van der Waals surface area contributed by atoms with Crippen LogP contribution in [0.1, 0.15) is 71.1 Å². The molecule has 0 aliphatic carbocycles. The number of ketones is 1. The van der Waals surface area contributed by atoms with Crippen molar-refractivity contribution < 1.29 is 14.3 Å². The van der Waals surface area contributed by atoms with E-state index in [2.05, 4.69) is 6.92 Å². The van der Waals surface area contributed by atoms with Crippen LogP contribution in [0.4, 0.5) is 0 Å². The lowest BCUT2D eigenvalue weighted by molar-refractivity contribution is -0.127. The van der Waals surface area contributed by atoms with Gasteiger partial charge < -0.3 is 9.47 Å². The Labute approximate surface area is 111 Å². The molecule has 0 aromatic heterocycles. The molecule has 0 bridgehead atoms. The summed E-state index contributed by atoms with van der Waals surface area (Å²) < 4.78 is 10.5. The van der Waals surface area contributed by atoms with Crippen molar-refractivity contribution in [3.8, 4) is 0 Å². The average Bonchev–Trinajstić information content (AvgIpc) is 2.85. The normalized spacial score (nSPS) is 16.3. The summed E-state index contributed by atoms with van der Waals surface area (Å²) in [6, 6.07) is 0. The first-order valence-electron chi connectivity index (χ1n) is 7.58. The highest BCUT2D eigenvalue weighted by molar-refractivity contribution is 5.78. The number of Topliss-reactive ketones (excluding diaryl/α,β-unsaturated/α-hetero) is 1. The number of carbonyl (C=O) groups excluding carboxylic acids is 1. The Balaban J connectivity index is 1.83. The first-order valence-corrected chi connectivity index (χ1v) is 7.58. The van der Waals surface area contributed by atoms with Crippen molar-refractivity contribution in [3.05, 3.63) is 0 Å². The molecule has 0 N–H and O–H groups in total. The Kier molecular flexibility index (Phi) is 9.13. The predicted octanol–water partition coefficient (Wildman–Crippen LogP) is 3.85. The van der Waals surface area contributed by atoms with Gasteiger partial charge in [-0.15, -0.1) is 0 Å². The average molecular weight is 256 g/mol. The first kappa shape index (κ1) is 15.6. The van der Waals surface area contributed by atoms with Crippen LogP contribution < -0.4 is 0 Å². The fraction of sp³-hybridized carbons (Fsp3) is 0.933. The van der Waals surface area contributed by atoms with Crippen LogP contribution in [-0.2, 0) is 14.3 Å². The van der Waals surface area contributed by atoms with Crippen molar-refractivity contribution in [2.75, 3.05) is 13.2 Å². The second-order valence-electron chi connectivity index (χ2n) is 5.14. The van der Waals surface area contributed by atoms with E-state index in [-0.39, 0.29) is 12.1 Å². The summed E-state index contributed by atoms with van der Waals surface area (Å²) >= 11 is 0. The maximum Gasteiger partial charge on any atom is 0.164 e. The molecule has 1 aliphatic heterocycles. The number of unbranched alkanes of at least 4 members (excludes halogenated alkanes) is 7. The fourth-order valence-electron chi connectivity index (χ4n) is 2.27. The predicted molar refractivity (Wildman–Crippen MR) is 72.5 cm³/mol. The van der Waals surface area contributed by atoms with Crippen molar-refractivity contribution in [2.24, 2.45) is 0 Å². The van der Waals surface area contributed by atoms with Gasteiger partial charge in [-0.25, -0.2) is 0 Å². The van der Waals surface area contributed by atoms with Gasteiger partial charge >= 0.3 is 0 Å². The van der Waals surface area contributed by atoms with E-state index in [4.69, 9.17) is 9.47 Å². The largest absolute Gasteiger partial charge is 0.350 e. The number of rotatable bonds is 11. The Hall–Kier alpha value is -0.410.